The third-order valence-electron chi connectivity index (χ3n) is 3.03. The summed E-state index contributed by atoms with van der Waals surface area (Å²) < 4.78 is 10.9. The van der Waals surface area contributed by atoms with E-state index in [1.165, 1.54) is 11.3 Å². The molecule has 0 aliphatic heterocycles. The second-order valence-electron chi connectivity index (χ2n) is 4.47. The first-order valence-corrected chi connectivity index (χ1v) is 7.26. The van der Waals surface area contributed by atoms with Crippen LogP contribution in [0.2, 0.25) is 0 Å². The minimum Gasteiger partial charge on any atom is -0.497 e. The molecule has 0 amide bonds. The number of fused-ring (bicyclic) bond motifs is 1. The van der Waals surface area contributed by atoms with Crippen LogP contribution in [0.25, 0.3) is 11.1 Å². The molecule has 3 aromatic rings. The van der Waals surface area contributed by atoms with Gasteiger partial charge in [0.1, 0.15) is 11.3 Å². The van der Waals surface area contributed by atoms with E-state index in [4.69, 9.17) is 14.9 Å². The van der Waals surface area contributed by atoms with E-state index in [0.717, 1.165) is 47.7 Å². The van der Waals surface area contributed by atoms with Crippen molar-refractivity contribution in [2.45, 2.75) is 19.3 Å². The van der Waals surface area contributed by atoms with Gasteiger partial charge >= 0.3 is 0 Å². The van der Waals surface area contributed by atoms with Gasteiger partial charge in [-0.25, -0.2) is 9.97 Å². The molecule has 20 heavy (non-hydrogen) atoms. The number of anilines is 1. The fraction of sp³-hybridized carbons (Fsp3) is 0.286. The number of aromatic nitrogens is 2. The van der Waals surface area contributed by atoms with Gasteiger partial charge in [-0.15, -0.1) is 11.3 Å². The van der Waals surface area contributed by atoms with Crippen molar-refractivity contribution < 1.29 is 9.15 Å². The zero-order chi connectivity index (χ0) is 13.9. The van der Waals surface area contributed by atoms with E-state index >= 15 is 0 Å². The summed E-state index contributed by atoms with van der Waals surface area (Å²) >= 11 is 1.47. The quantitative estimate of drug-likeness (QED) is 0.781. The lowest BCUT2D eigenvalue weighted by Gasteiger charge is -1.96. The summed E-state index contributed by atoms with van der Waals surface area (Å²) in [5.74, 6) is 1.52. The maximum absolute atomic E-state index is 5.72. The highest BCUT2D eigenvalue weighted by Gasteiger charge is 2.07. The summed E-state index contributed by atoms with van der Waals surface area (Å²) in [5, 5.41) is 2.61. The molecular weight excluding hydrogens is 274 g/mol. The first kappa shape index (κ1) is 12.9. The highest BCUT2D eigenvalue weighted by molar-refractivity contribution is 7.13. The first-order chi connectivity index (χ1) is 9.74. The second kappa shape index (κ2) is 5.50. The number of aryl methyl sites for hydroxylation is 2. The minimum atomic E-state index is 0.619. The van der Waals surface area contributed by atoms with Crippen LogP contribution in [0.15, 0.2) is 28.0 Å². The molecule has 0 saturated carbocycles. The molecule has 3 rings (SSSR count). The van der Waals surface area contributed by atoms with Crippen molar-refractivity contribution in [3.8, 4) is 5.75 Å². The van der Waals surface area contributed by atoms with Gasteiger partial charge in [-0.3, -0.25) is 0 Å². The van der Waals surface area contributed by atoms with Crippen LogP contribution in [0.3, 0.4) is 0 Å². The van der Waals surface area contributed by atoms with Gasteiger partial charge in [-0.1, -0.05) is 0 Å². The van der Waals surface area contributed by atoms with Crippen LogP contribution < -0.4 is 10.5 Å². The largest absolute Gasteiger partial charge is 0.497 e. The van der Waals surface area contributed by atoms with Gasteiger partial charge in [0.05, 0.1) is 12.8 Å². The van der Waals surface area contributed by atoms with Gasteiger partial charge in [0.15, 0.2) is 16.6 Å². The van der Waals surface area contributed by atoms with Crippen molar-refractivity contribution >= 4 is 27.6 Å². The second-order valence-corrected chi connectivity index (χ2v) is 5.36. The van der Waals surface area contributed by atoms with E-state index in [9.17, 15) is 0 Å². The van der Waals surface area contributed by atoms with Crippen molar-refractivity contribution in [2.75, 3.05) is 12.8 Å². The van der Waals surface area contributed by atoms with Gasteiger partial charge in [0.2, 0.25) is 0 Å². The minimum absolute atomic E-state index is 0.619. The Morgan fingerprint density at radius 2 is 2.20 bits per heavy atom. The predicted octanol–water partition coefficient (Wildman–Crippen LogP) is 3.05. The van der Waals surface area contributed by atoms with Crippen LogP contribution in [0, 0.1) is 0 Å². The molecule has 0 aliphatic rings. The Balaban J connectivity index is 1.65. The Bertz CT molecular complexity index is 720. The van der Waals surface area contributed by atoms with Crippen LogP contribution in [0.1, 0.15) is 18.0 Å². The average Bonchev–Trinajstić information content (AvgIpc) is 3.03. The van der Waals surface area contributed by atoms with Gasteiger partial charge < -0.3 is 14.9 Å². The molecule has 0 spiro atoms. The van der Waals surface area contributed by atoms with Crippen LogP contribution >= 0.6 is 11.3 Å². The number of nitrogens with zero attached hydrogens (tertiary/aromatic N) is 2. The highest BCUT2D eigenvalue weighted by atomic mass is 32.1. The van der Waals surface area contributed by atoms with Crippen LogP contribution in [0.4, 0.5) is 5.13 Å². The fourth-order valence-corrected chi connectivity index (χ4v) is 2.64. The van der Waals surface area contributed by atoms with Crippen molar-refractivity contribution in [3.63, 3.8) is 0 Å². The molecule has 0 fully saturated rings. The summed E-state index contributed by atoms with van der Waals surface area (Å²) in [6.45, 7) is 0. The molecule has 0 radical (unpaired) electrons. The predicted molar refractivity (Wildman–Crippen MR) is 79.1 cm³/mol. The standard InChI is InChI=1S/C14H15N3O2S/c1-18-10-5-6-11-12(7-10)19-13(17-11)4-2-3-9-8-20-14(15)16-9/h5-8H,2-4H2,1H3,(H2,15,16). The SMILES string of the molecule is COc1ccc2nc(CCCc3csc(N)n3)oc2c1. The van der Waals surface area contributed by atoms with Gasteiger partial charge in [0, 0.05) is 17.9 Å². The molecule has 2 aromatic heterocycles. The Morgan fingerprint density at radius 3 is 2.95 bits per heavy atom. The molecule has 0 unspecified atom stereocenters. The fourth-order valence-electron chi connectivity index (χ4n) is 2.04. The van der Waals surface area contributed by atoms with E-state index in [-0.39, 0.29) is 0 Å². The number of thiazole rings is 1. The molecule has 2 N–H and O–H groups in total. The molecule has 0 bridgehead atoms. The first-order valence-electron chi connectivity index (χ1n) is 6.38. The number of methoxy groups -OCH3 is 1. The van der Waals surface area contributed by atoms with Crippen molar-refractivity contribution in [2.24, 2.45) is 0 Å². The summed E-state index contributed by atoms with van der Waals surface area (Å²) in [6.07, 6.45) is 2.61. The summed E-state index contributed by atoms with van der Waals surface area (Å²) in [6, 6.07) is 5.64. The molecule has 0 aliphatic carbocycles. The maximum Gasteiger partial charge on any atom is 0.195 e. The van der Waals surface area contributed by atoms with E-state index in [0.29, 0.717) is 5.13 Å². The Kier molecular flexibility index (Phi) is 3.56. The third-order valence-corrected chi connectivity index (χ3v) is 3.76. The van der Waals surface area contributed by atoms with Crippen LogP contribution in [0.5, 0.6) is 5.75 Å². The zero-order valence-electron chi connectivity index (χ0n) is 11.1. The van der Waals surface area contributed by atoms with Crippen LogP contribution in [-0.2, 0) is 12.8 Å². The highest BCUT2D eigenvalue weighted by Crippen LogP contribution is 2.22. The monoisotopic (exact) mass is 289 g/mol. The number of hydrogen-bond donors (Lipinski definition) is 1. The van der Waals surface area contributed by atoms with Gasteiger partial charge in [0.25, 0.3) is 0 Å². The van der Waals surface area contributed by atoms with E-state index in [1.807, 2.05) is 23.6 Å². The molecule has 0 saturated heterocycles. The van der Waals surface area contributed by atoms with Crippen molar-refractivity contribution in [1.82, 2.24) is 9.97 Å². The Hall–Kier alpha value is -2.08. The number of oxazole rings is 1. The summed E-state index contributed by atoms with van der Waals surface area (Å²) in [5.41, 5.74) is 8.26. The lowest BCUT2D eigenvalue weighted by atomic mass is 10.2. The molecule has 1 aromatic carbocycles. The average molecular weight is 289 g/mol. The normalized spacial score (nSPS) is 11.1. The number of nitrogen functional groups attached to an aromatic ring is 1. The van der Waals surface area contributed by atoms with Crippen molar-refractivity contribution in [3.05, 3.63) is 35.2 Å². The van der Waals surface area contributed by atoms with Gasteiger partial charge in [-0.05, 0) is 25.0 Å². The zero-order valence-corrected chi connectivity index (χ0v) is 11.9. The lowest BCUT2D eigenvalue weighted by molar-refractivity contribution is 0.414. The number of nitrogens with two attached hydrogens (primary N) is 1. The van der Waals surface area contributed by atoms with E-state index < -0.39 is 0 Å². The molecule has 2 heterocycles. The number of ether oxygens (including phenoxy) is 1. The molecule has 6 heteroatoms. The van der Waals surface area contributed by atoms with E-state index in [2.05, 4.69) is 9.97 Å². The summed E-state index contributed by atoms with van der Waals surface area (Å²) in [4.78, 5) is 8.70. The van der Waals surface area contributed by atoms with Crippen LogP contribution in [-0.4, -0.2) is 17.1 Å². The number of rotatable bonds is 5. The van der Waals surface area contributed by atoms with E-state index in [1.54, 1.807) is 7.11 Å². The summed E-state index contributed by atoms with van der Waals surface area (Å²) in [7, 11) is 1.64. The van der Waals surface area contributed by atoms with Crippen molar-refractivity contribution in [1.29, 1.82) is 0 Å². The van der Waals surface area contributed by atoms with Gasteiger partial charge in [-0.2, -0.15) is 0 Å². The lowest BCUT2D eigenvalue weighted by Crippen LogP contribution is -1.91. The smallest absolute Gasteiger partial charge is 0.195 e. The number of hydrogen-bond acceptors (Lipinski definition) is 6. The Morgan fingerprint density at radius 1 is 1.30 bits per heavy atom. The number of benzene rings is 1. The Labute approximate surface area is 120 Å². The molecular formula is C14H15N3O2S. The maximum atomic E-state index is 5.72. The molecule has 104 valence electrons. The molecule has 5 nitrogen and oxygen atoms in total. The molecule has 0 atom stereocenters. The topological polar surface area (TPSA) is 74.2 Å². The third kappa shape index (κ3) is 2.75.